The molecule has 0 aromatic heterocycles. The number of carboxylic acid groups (broad SMARTS) is 1. The Hall–Kier alpha value is -1.84. The van der Waals surface area contributed by atoms with Crippen LogP contribution in [0.5, 0.6) is 5.75 Å². The van der Waals surface area contributed by atoms with Gasteiger partial charge in [0.05, 0.1) is 7.11 Å². The van der Waals surface area contributed by atoms with Gasteiger partial charge in [0.1, 0.15) is 5.75 Å². The van der Waals surface area contributed by atoms with Crippen molar-refractivity contribution in [3.63, 3.8) is 0 Å². The number of methoxy groups -OCH3 is 1. The Morgan fingerprint density at radius 2 is 2.07 bits per heavy atom. The van der Waals surface area contributed by atoms with E-state index in [-0.39, 0.29) is 18.6 Å². The van der Waals surface area contributed by atoms with Crippen molar-refractivity contribution in [2.45, 2.75) is 12.8 Å². The second-order valence-corrected chi connectivity index (χ2v) is 3.03. The van der Waals surface area contributed by atoms with Crippen LogP contribution in [0.2, 0.25) is 0 Å². The van der Waals surface area contributed by atoms with Crippen molar-refractivity contribution in [3.05, 3.63) is 29.8 Å². The molecule has 0 aliphatic heterocycles. The Bertz CT molecular complexity index is 371. The van der Waals surface area contributed by atoms with E-state index < -0.39 is 5.97 Å². The molecule has 0 atom stereocenters. The Morgan fingerprint density at radius 3 is 2.67 bits per heavy atom. The average Bonchev–Trinajstić information content (AvgIpc) is 2.26. The number of ether oxygens (including phenoxy) is 1. The summed E-state index contributed by atoms with van der Waals surface area (Å²) in [5.74, 6) is -0.862. The lowest BCUT2D eigenvalue weighted by Gasteiger charge is -2.04. The number of rotatable bonds is 5. The van der Waals surface area contributed by atoms with Gasteiger partial charge >= 0.3 is 0 Å². The van der Waals surface area contributed by atoms with Crippen molar-refractivity contribution in [2.24, 2.45) is 0 Å². The number of benzene rings is 1. The van der Waals surface area contributed by atoms with Crippen molar-refractivity contribution in [2.75, 3.05) is 7.11 Å². The molecule has 80 valence electrons. The highest BCUT2D eigenvalue weighted by atomic mass is 16.5. The Labute approximate surface area is 87.5 Å². The molecular weight excluding hydrogens is 196 g/mol. The number of carbonyl (C=O) groups is 2. The van der Waals surface area contributed by atoms with Crippen LogP contribution in [0.3, 0.4) is 0 Å². The van der Waals surface area contributed by atoms with Gasteiger partial charge in [0.15, 0.2) is 5.78 Å². The number of hydrogen-bond donors (Lipinski definition) is 0. The number of hydrogen-bond acceptors (Lipinski definition) is 4. The van der Waals surface area contributed by atoms with Crippen molar-refractivity contribution in [1.29, 1.82) is 0 Å². The van der Waals surface area contributed by atoms with Gasteiger partial charge in [0.2, 0.25) is 0 Å². The normalized spacial score (nSPS) is 9.67. The molecule has 0 radical (unpaired) electrons. The highest BCUT2D eigenvalue weighted by Crippen LogP contribution is 2.14. The molecule has 1 aromatic rings. The predicted octanol–water partition coefficient (Wildman–Crippen LogP) is 0.408. The van der Waals surface area contributed by atoms with Crippen LogP contribution in [0.25, 0.3) is 0 Å². The average molecular weight is 207 g/mol. The minimum Gasteiger partial charge on any atom is -0.550 e. The van der Waals surface area contributed by atoms with Crippen LogP contribution in [0.1, 0.15) is 23.2 Å². The van der Waals surface area contributed by atoms with Crippen molar-refractivity contribution >= 4 is 11.8 Å². The molecule has 0 aliphatic carbocycles. The van der Waals surface area contributed by atoms with E-state index >= 15 is 0 Å². The first-order valence-electron chi connectivity index (χ1n) is 4.50. The molecule has 0 spiro atoms. The largest absolute Gasteiger partial charge is 0.550 e. The second-order valence-electron chi connectivity index (χ2n) is 3.03. The molecule has 4 nitrogen and oxygen atoms in total. The van der Waals surface area contributed by atoms with E-state index in [4.69, 9.17) is 4.74 Å². The summed E-state index contributed by atoms with van der Waals surface area (Å²) < 4.78 is 4.95. The molecule has 0 fully saturated rings. The fraction of sp³-hybridized carbons (Fsp3) is 0.273. The first-order valence-corrected chi connectivity index (χ1v) is 4.50. The third kappa shape index (κ3) is 3.42. The highest BCUT2D eigenvalue weighted by Gasteiger charge is 2.06. The van der Waals surface area contributed by atoms with Gasteiger partial charge < -0.3 is 14.6 Å². The van der Waals surface area contributed by atoms with Crippen LogP contribution < -0.4 is 9.84 Å². The maximum atomic E-state index is 11.5. The maximum absolute atomic E-state index is 11.5. The molecule has 0 amide bonds. The van der Waals surface area contributed by atoms with Gasteiger partial charge in [-0.25, -0.2) is 0 Å². The van der Waals surface area contributed by atoms with E-state index in [2.05, 4.69) is 0 Å². The summed E-state index contributed by atoms with van der Waals surface area (Å²) in [5, 5.41) is 10.2. The van der Waals surface area contributed by atoms with E-state index in [1.165, 1.54) is 7.11 Å². The molecule has 4 heteroatoms. The lowest BCUT2D eigenvalue weighted by Crippen LogP contribution is -2.22. The topological polar surface area (TPSA) is 66.4 Å². The van der Waals surface area contributed by atoms with Crippen molar-refractivity contribution < 1.29 is 19.4 Å². The molecule has 0 saturated carbocycles. The van der Waals surface area contributed by atoms with E-state index in [1.54, 1.807) is 24.3 Å². The summed E-state index contributed by atoms with van der Waals surface area (Å²) in [6.07, 6.45) is -0.300. The second kappa shape index (κ2) is 5.14. The zero-order chi connectivity index (χ0) is 11.3. The van der Waals surface area contributed by atoms with Gasteiger partial charge in [-0.3, -0.25) is 4.79 Å². The fourth-order valence-corrected chi connectivity index (χ4v) is 1.16. The minimum atomic E-state index is -1.22. The molecule has 1 rings (SSSR count). The number of Topliss-reactive ketones (excluding diaryl/α,β-unsaturated/α-hetero) is 1. The number of aliphatic carboxylic acids is 1. The van der Waals surface area contributed by atoms with Gasteiger partial charge in [-0.05, 0) is 18.6 Å². The third-order valence-corrected chi connectivity index (χ3v) is 1.95. The Kier molecular flexibility index (Phi) is 3.85. The van der Waals surface area contributed by atoms with Crippen LogP contribution in [0.4, 0.5) is 0 Å². The molecule has 0 N–H and O–H groups in total. The molecular formula is C11H11O4-. The van der Waals surface area contributed by atoms with Crippen LogP contribution in [-0.2, 0) is 4.79 Å². The SMILES string of the molecule is COc1cccc(C(=O)CCC(=O)[O-])c1. The summed E-state index contributed by atoms with van der Waals surface area (Å²) in [4.78, 5) is 21.6. The Balaban J connectivity index is 2.69. The van der Waals surface area contributed by atoms with Gasteiger partial charge in [-0.15, -0.1) is 0 Å². The number of carbonyl (C=O) groups excluding carboxylic acids is 2. The molecule has 1 aromatic carbocycles. The zero-order valence-corrected chi connectivity index (χ0v) is 8.36. The fourth-order valence-electron chi connectivity index (χ4n) is 1.16. The van der Waals surface area contributed by atoms with Crippen molar-refractivity contribution in [3.8, 4) is 5.75 Å². The lowest BCUT2D eigenvalue weighted by molar-refractivity contribution is -0.305. The maximum Gasteiger partial charge on any atom is 0.163 e. The van der Waals surface area contributed by atoms with Gasteiger partial charge in [0.25, 0.3) is 0 Å². The summed E-state index contributed by atoms with van der Waals surface area (Å²) in [5.41, 5.74) is 0.454. The third-order valence-electron chi connectivity index (χ3n) is 1.95. The predicted molar refractivity (Wildman–Crippen MR) is 51.6 cm³/mol. The molecule has 0 aliphatic rings. The number of carboxylic acids is 1. The van der Waals surface area contributed by atoms with E-state index in [0.717, 1.165) is 0 Å². The van der Waals surface area contributed by atoms with Crippen LogP contribution in [0, 0.1) is 0 Å². The standard InChI is InChI=1S/C11H12O4/c1-15-9-4-2-3-8(7-9)10(12)5-6-11(13)14/h2-4,7H,5-6H2,1H3,(H,13,14)/p-1. The van der Waals surface area contributed by atoms with Crippen LogP contribution >= 0.6 is 0 Å². The molecule has 0 bridgehead atoms. The summed E-state index contributed by atoms with van der Waals surface area (Å²) in [7, 11) is 1.50. The van der Waals surface area contributed by atoms with E-state index in [0.29, 0.717) is 11.3 Å². The first kappa shape index (κ1) is 11.2. The van der Waals surface area contributed by atoms with Gasteiger partial charge in [-0.1, -0.05) is 12.1 Å². The summed E-state index contributed by atoms with van der Waals surface area (Å²) >= 11 is 0. The zero-order valence-electron chi connectivity index (χ0n) is 8.36. The minimum absolute atomic E-state index is 0.0461. The number of ketones is 1. The van der Waals surface area contributed by atoms with E-state index in [1.807, 2.05) is 0 Å². The first-order chi connectivity index (χ1) is 7.13. The molecule has 0 unspecified atom stereocenters. The highest BCUT2D eigenvalue weighted by molar-refractivity contribution is 5.97. The van der Waals surface area contributed by atoms with Crippen LogP contribution in [0.15, 0.2) is 24.3 Å². The van der Waals surface area contributed by atoms with Gasteiger partial charge in [0, 0.05) is 18.0 Å². The van der Waals surface area contributed by atoms with Crippen molar-refractivity contribution in [1.82, 2.24) is 0 Å². The molecule has 0 heterocycles. The summed E-state index contributed by atoms with van der Waals surface area (Å²) in [6.45, 7) is 0. The van der Waals surface area contributed by atoms with E-state index in [9.17, 15) is 14.7 Å². The van der Waals surface area contributed by atoms with Crippen LogP contribution in [-0.4, -0.2) is 18.9 Å². The monoisotopic (exact) mass is 207 g/mol. The Morgan fingerprint density at radius 1 is 1.33 bits per heavy atom. The summed E-state index contributed by atoms with van der Waals surface area (Å²) in [6, 6.07) is 6.61. The molecule has 0 saturated heterocycles. The van der Waals surface area contributed by atoms with Gasteiger partial charge in [-0.2, -0.15) is 0 Å². The quantitative estimate of drug-likeness (QED) is 0.656. The smallest absolute Gasteiger partial charge is 0.163 e. The molecule has 15 heavy (non-hydrogen) atoms. The lowest BCUT2D eigenvalue weighted by atomic mass is 10.1.